The maximum Gasteiger partial charge on any atom is 0.251 e. The molecule has 0 saturated carbocycles. The Hall–Kier alpha value is -2.22. The van der Waals surface area contributed by atoms with Crippen LogP contribution in [0.25, 0.3) is 0 Å². The summed E-state index contributed by atoms with van der Waals surface area (Å²) in [6, 6.07) is 14.3. The quantitative estimate of drug-likeness (QED) is 0.792. The van der Waals surface area contributed by atoms with Crippen molar-refractivity contribution in [3.05, 3.63) is 65.2 Å². The lowest BCUT2D eigenvalue weighted by molar-refractivity contribution is 0.0950. The highest BCUT2D eigenvalue weighted by Gasteiger charge is 2.28. The van der Waals surface area contributed by atoms with E-state index >= 15 is 0 Å². The van der Waals surface area contributed by atoms with Gasteiger partial charge in [0.1, 0.15) is 0 Å². The Kier molecular flexibility index (Phi) is 5.94. The number of carbonyl (C=O) groups is 1. The highest BCUT2D eigenvalue weighted by molar-refractivity contribution is 7.89. The summed E-state index contributed by atoms with van der Waals surface area (Å²) in [5.41, 5.74) is 2.56. The van der Waals surface area contributed by atoms with Crippen molar-refractivity contribution >= 4 is 15.9 Å². The molecule has 0 aromatic heterocycles. The molecular formula is C20H25N3O3S. The first kappa shape index (κ1) is 19.5. The Balaban J connectivity index is 1.79. The third kappa shape index (κ3) is 4.37. The van der Waals surface area contributed by atoms with Crippen LogP contribution in [0.3, 0.4) is 0 Å². The molecule has 0 radical (unpaired) electrons. The number of carbonyl (C=O) groups excluding carboxylic acids is 1. The van der Waals surface area contributed by atoms with Gasteiger partial charge in [-0.3, -0.25) is 4.79 Å². The van der Waals surface area contributed by atoms with Gasteiger partial charge in [-0.25, -0.2) is 8.42 Å². The molecule has 1 unspecified atom stereocenters. The Morgan fingerprint density at radius 1 is 1.15 bits per heavy atom. The van der Waals surface area contributed by atoms with E-state index in [1.807, 2.05) is 38.2 Å². The number of amides is 1. The zero-order valence-electron chi connectivity index (χ0n) is 15.6. The molecule has 144 valence electrons. The summed E-state index contributed by atoms with van der Waals surface area (Å²) in [5, 5.41) is 5.85. The summed E-state index contributed by atoms with van der Waals surface area (Å²) in [4.78, 5) is 12.5. The number of hydrogen-bond acceptors (Lipinski definition) is 4. The summed E-state index contributed by atoms with van der Waals surface area (Å²) in [6.07, 6.45) is 0.692. The van der Waals surface area contributed by atoms with E-state index in [0.717, 1.165) is 5.56 Å². The van der Waals surface area contributed by atoms with Crippen molar-refractivity contribution in [2.45, 2.75) is 30.8 Å². The van der Waals surface area contributed by atoms with Crippen molar-refractivity contribution < 1.29 is 13.2 Å². The van der Waals surface area contributed by atoms with Gasteiger partial charge in [0.2, 0.25) is 10.0 Å². The van der Waals surface area contributed by atoms with Crippen molar-refractivity contribution in [2.75, 3.05) is 20.1 Å². The molecule has 3 rings (SSSR count). The number of nitrogens with zero attached hydrogens (tertiary/aromatic N) is 1. The van der Waals surface area contributed by atoms with Gasteiger partial charge in [-0.1, -0.05) is 30.3 Å². The normalized spacial score (nSPS) is 15.8. The Morgan fingerprint density at radius 2 is 1.89 bits per heavy atom. The molecule has 6 nitrogen and oxygen atoms in total. The van der Waals surface area contributed by atoms with Gasteiger partial charge in [-0.2, -0.15) is 4.31 Å². The lowest BCUT2D eigenvalue weighted by atomic mass is 10.0. The van der Waals surface area contributed by atoms with E-state index in [9.17, 15) is 13.2 Å². The summed E-state index contributed by atoms with van der Waals surface area (Å²) in [5.74, 6) is -0.280. The summed E-state index contributed by atoms with van der Waals surface area (Å²) >= 11 is 0. The fourth-order valence-electron chi connectivity index (χ4n) is 3.07. The number of hydrogen-bond donors (Lipinski definition) is 2. The van der Waals surface area contributed by atoms with Crippen LogP contribution in [0.15, 0.2) is 53.4 Å². The highest BCUT2D eigenvalue weighted by atomic mass is 32.2. The van der Waals surface area contributed by atoms with Crippen LogP contribution in [-0.4, -0.2) is 44.8 Å². The largest absolute Gasteiger partial charge is 0.350 e. The third-order valence-corrected chi connectivity index (χ3v) is 6.73. The van der Waals surface area contributed by atoms with E-state index < -0.39 is 10.0 Å². The molecule has 2 aromatic rings. The van der Waals surface area contributed by atoms with Gasteiger partial charge in [0, 0.05) is 31.2 Å². The molecule has 1 aliphatic heterocycles. The van der Waals surface area contributed by atoms with Crippen molar-refractivity contribution in [1.82, 2.24) is 14.9 Å². The summed E-state index contributed by atoms with van der Waals surface area (Å²) in [7, 11) is -1.84. The van der Waals surface area contributed by atoms with E-state index in [-0.39, 0.29) is 16.8 Å². The monoisotopic (exact) mass is 387 g/mol. The topological polar surface area (TPSA) is 78.5 Å². The lowest BCUT2D eigenvalue weighted by Gasteiger charge is -2.28. The van der Waals surface area contributed by atoms with Crippen molar-refractivity contribution in [2.24, 2.45) is 0 Å². The molecule has 1 aliphatic rings. The van der Waals surface area contributed by atoms with Gasteiger partial charge in [0.15, 0.2) is 0 Å². The predicted octanol–water partition coefficient (Wildman–Crippen LogP) is 1.77. The second-order valence-electron chi connectivity index (χ2n) is 6.78. The van der Waals surface area contributed by atoms with Crippen LogP contribution in [0.1, 0.15) is 28.4 Å². The second kappa shape index (κ2) is 8.21. The summed E-state index contributed by atoms with van der Waals surface area (Å²) in [6.45, 7) is 3.22. The zero-order valence-corrected chi connectivity index (χ0v) is 16.4. The molecule has 2 N–H and O–H groups in total. The predicted molar refractivity (Wildman–Crippen MR) is 105 cm³/mol. The molecule has 1 atom stereocenters. The van der Waals surface area contributed by atoms with Crippen LogP contribution in [0.2, 0.25) is 0 Å². The molecule has 0 spiro atoms. The number of sulfonamides is 1. The molecule has 27 heavy (non-hydrogen) atoms. The minimum Gasteiger partial charge on any atom is -0.350 e. The Labute approximate surface area is 160 Å². The number of fused-ring (bicyclic) bond motifs is 1. The minimum atomic E-state index is -3.66. The maximum atomic E-state index is 13.1. The van der Waals surface area contributed by atoms with Crippen molar-refractivity contribution in [3.63, 3.8) is 0 Å². The number of nitrogens with one attached hydrogen (secondary N) is 2. The van der Waals surface area contributed by atoms with Crippen LogP contribution in [0.5, 0.6) is 0 Å². The molecule has 7 heteroatoms. The molecule has 0 bridgehead atoms. The first-order valence-corrected chi connectivity index (χ1v) is 10.5. The highest BCUT2D eigenvalue weighted by Crippen LogP contribution is 2.25. The fourth-order valence-corrected chi connectivity index (χ4v) is 4.54. The Morgan fingerprint density at radius 3 is 2.63 bits per heavy atom. The minimum absolute atomic E-state index is 0.134. The fraction of sp³-hybridized carbons (Fsp3) is 0.350. The van der Waals surface area contributed by atoms with Crippen LogP contribution < -0.4 is 10.6 Å². The van der Waals surface area contributed by atoms with E-state index in [2.05, 4.69) is 10.6 Å². The lowest BCUT2D eigenvalue weighted by Crippen LogP contribution is -2.37. The van der Waals surface area contributed by atoms with Crippen molar-refractivity contribution in [1.29, 1.82) is 0 Å². The average molecular weight is 388 g/mol. The number of benzene rings is 2. The number of rotatable bonds is 6. The van der Waals surface area contributed by atoms with Crippen LogP contribution >= 0.6 is 0 Å². The van der Waals surface area contributed by atoms with Gasteiger partial charge in [0.25, 0.3) is 5.91 Å². The molecule has 1 heterocycles. The molecule has 1 amide bonds. The van der Waals surface area contributed by atoms with Crippen LogP contribution in [0.4, 0.5) is 0 Å². The Bertz CT molecular complexity index is 928. The maximum absolute atomic E-state index is 13.1. The van der Waals surface area contributed by atoms with Gasteiger partial charge in [0.05, 0.1) is 4.90 Å². The standard InChI is InChI=1S/C20H25N3O3S/c1-15(21-2)13-22-20(24)17-8-5-9-19(12-17)27(25,26)23-11-10-16-6-3-4-7-18(16)14-23/h3-9,12,15,21H,10-11,13-14H2,1-2H3,(H,22,24). The van der Waals surface area contributed by atoms with Gasteiger partial charge in [-0.15, -0.1) is 0 Å². The second-order valence-corrected chi connectivity index (χ2v) is 8.72. The van der Waals surface area contributed by atoms with E-state index in [4.69, 9.17) is 0 Å². The van der Waals surface area contributed by atoms with E-state index in [1.165, 1.54) is 15.9 Å². The first-order valence-electron chi connectivity index (χ1n) is 9.04. The van der Waals surface area contributed by atoms with Gasteiger partial charge < -0.3 is 10.6 Å². The van der Waals surface area contributed by atoms with Gasteiger partial charge in [-0.05, 0) is 49.7 Å². The molecule has 2 aromatic carbocycles. The SMILES string of the molecule is CNC(C)CNC(=O)c1cccc(S(=O)(=O)N2CCc3ccccc3C2)c1. The average Bonchev–Trinajstić information content (AvgIpc) is 2.71. The third-order valence-electron chi connectivity index (χ3n) is 4.89. The van der Waals surface area contributed by atoms with E-state index in [1.54, 1.807) is 18.2 Å². The van der Waals surface area contributed by atoms with Crippen LogP contribution in [-0.2, 0) is 23.0 Å². The van der Waals surface area contributed by atoms with E-state index in [0.29, 0.717) is 31.6 Å². The molecule has 0 saturated heterocycles. The zero-order chi connectivity index (χ0) is 19.4. The van der Waals surface area contributed by atoms with Gasteiger partial charge >= 0.3 is 0 Å². The van der Waals surface area contributed by atoms with Crippen molar-refractivity contribution in [3.8, 4) is 0 Å². The smallest absolute Gasteiger partial charge is 0.251 e. The number of likely N-dealkylation sites (N-methyl/N-ethyl adjacent to an activating group) is 1. The molecule has 0 fully saturated rings. The summed E-state index contributed by atoms with van der Waals surface area (Å²) < 4.78 is 27.6. The first-order chi connectivity index (χ1) is 12.9. The molecule has 0 aliphatic carbocycles. The van der Waals surface area contributed by atoms with Crippen LogP contribution in [0, 0.1) is 0 Å². The molecular weight excluding hydrogens is 362 g/mol.